The van der Waals surface area contributed by atoms with Crippen molar-refractivity contribution in [3.05, 3.63) is 29.8 Å². The summed E-state index contributed by atoms with van der Waals surface area (Å²) in [6.07, 6.45) is 0.398. The molecule has 0 atom stereocenters. The van der Waals surface area contributed by atoms with Crippen LogP contribution in [-0.4, -0.2) is 30.7 Å². The minimum Gasteiger partial charge on any atom is -0.444 e. The lowest BCUT2D eigenvalue weighted by Crippen LogP contribution is -2.33. The van der Waals surface area contributed by atoms with Gasteiger partial charge in [-0.3, -0.25) is 4.79 Å². The van der Waals surface area contributed by atoms with Crippen LogP contribution in [-0.2, 0) is 16.1 Å². The molecule has 0 spiro atoms. The molecule has 0 aliphatic rings. The molecule has 1 aromatic rings. The van der Waals surface area contributed by atoms with Crippen LogP contribution in [0.25, 0.3) is 0 Å². The molecule has 1 aromatic carbocycles. The number of hydrogen-bond acceptors (Lipinski definition) is 4. The number of benzene rings is 1. The second kappa shape index (κ2) is 9.15. The summed E-state index contributed by atoms with van der Waals surface area (Å²) in [7, 11) is 0. The van der Waals surface area contributed by atoms with Gasteiger partial charge in [0.05, 0.1) is 0 Å². The van der Waals surface area contributed by atoms with Crippen molar-refractivity contribution < 1.29 is 14.3 Å². The first kappa shape index (κ1) is 19.0. The Hall–Kier alpha value is -2.08. The average Bonchev–Trinajstić information content (AvgIpc) is 2.41. The van der Waals surface area contributed by atoms with Crippen molar-refractivity contribution in [2.45, 2.75) is 46.3 Å². The van der Waals surface area contributed by atoms with Gasteiger partial charge in [0.2, 0.25) is 5.91 Å². The zero-order valence-corrected chi connectivity index (χ0v) is 14.4. The quantitative estimate of drug-likeness (QED) is 0.675. The highest BCUT2D eigenvalue weighted by molar-refractivity contribution is 5.89. The number of carbonyl (C=O) groups is 2. The Balaban J connectivity index is 2.23. The Labute approximate surface area is 138 Å². The molecule has 1 rings (SSSR count). The third-order valence-electron chi connectivity index (χ3n) is 2.84. The van der Waals surface area contributed by atoms with Crippen LogP contribution in [0.1, 0.15) is 39.7 Å². The summed E-state index contributed by atoms with van der Waals surface area (Å²) in [5, 5.41) is 8.82. The summed E-state index contributed by atoms with van der Waals surface area (Å²) in [6.45, 7) is 8.96. The van der Waals surface area contributed by atoms with Gasteiger partial charge in [-0.05, 0) is 45.4 Å². The van der Waals surface area contributed by atoms with Crippen molar-refractivity contribution in [1.82, 2.24) is 10.6 Å². The fourth-order valence-electron chi connectivity index (χ4n) is 1.93. The lowest BCUT2D eigenvalue weighted by Gasteiger charge is -2.19. The predicted octanol–water partition coefficient (Wildman–Crippen LogP) is 2.65. The summed E-state index contributed by atoms with van der Waals surface area (Å²) in [5.41, 5.74) is 1.37. The van der Waals surface area contributed by atoms with Crippen LogP contribution in [0.5, 0.6) is 0 Å². The van der Waals surface area contributed by atoms with E-state index in [1.54, 1.807) is 0 Å². The van der Waals surface area contributed by atoms with E-state index in [1.807, 2.05) is 45.0 Å². The van der Waals surface area contributed by atoms with Crippen LogP contribution in [0.3, 0.4) is 0 Å². The van der Waals surface area contributed by atoms with Gasteiger partial charge < -0.3 is 20.7 Å². The molecule has 6 nitrogen and oxygen atoms in total. The van der Waals surface area contributed by atoms with E-state index in [1.165, 1.54) is 6.92 Å². The molecule has 3 N–H and O–H groups in total. The number of carbonyl (C=O) groups excluding carboxylic acids is 2. The van der Waals surface area contributed by atoms with Crippen LogP contribution < -0.4 is 16.0 Å². The van der Waals surface area contributed by atoms with Gasteiger partial charge in [-0.25, -0.2) is 4.79 Å². The molecule has 0 aromatic heterocycles. The summed E-state index contributed by atoms with van der Waals surface area (Å²) < 4.78 is 5.16. The maximum absolute atomic E-state index is 11.5. The van der Waals surface area contributed by atoms with E-state index in [4.69, 9.17) is 4.74 Å². The second-order valence-corrected chi connectivity index (χ2v) is 6.30. The molecule has 0 heterocycles. The summed E-state index contributed by atoms with van der Waals surface area (Å²) in [6, 6.07) is 7.67. The van der Waals surface area contributed by atoms with Crippen molar-refractivity contribution in [1.29, 1.82) is 0 Å². The third kappa shape index (κ3) is 8.83. The van der Waals surface area contributed by atoms with Gasteiger partial charge in [-0.2, -0.15) is 0 Å². The Morgan fingerprint density at radius 1 is 1.13 bits per heavy atom. The first-order chi connectivity index (χ1) is 10.8. The molecule has 0 aliphatic heterocycles. The van der Waals surface area contributed by atoms with E-state index in [-0.39, 0.29) is 5.91 Å². The number of nitrogens with one attached hydrogen (secondary N) is 3. The van der Waals surface area contributed by atoms with E-state index >= 15 is 0 Å². The number of rotatable bonds is 7. The highest BCUT2D eigenvalue weighted by Gasteiger charge is 2.15. The standard InChI is InChI=1S/C17H27N3O3/c1-13(21)20-15-9-6-5-8-14(15)12-18-10-7-11-19-16(22)23-17(2,3)4/h5-6,8-9,18H,7,10-12H2,1-4H3,(H,19,22)(H,20,21). The molecule has 23 heavy (non-hydrogen) atoms. The van der Waals surface area contributed by atoms with Gasteiger partial charge >= 0.3 is 6.09 Å². The number of alkyl carbamates (subject to hydrolysis) is 1. The highest BCUT2D eigenvalue weighted by atomic mass is 16.6. The van der Waals surface area contributed by atoms with Crippen molar-refractivity contribution in [2.24, 2.45) is 0 Å². The van der Waals surface area contributed by atoms with Crippen LogP contribution >= 0.6 is 0 Å². The number of anilines is 1. The molecule has 0 aliphatic carbocycles. The molecule has 0 bridgehead atoms. The monoisotopic (exact) mass is 321 g/mol. The summed E-state index contributed by atoms with van der Waals surface area (Å²) in [4.78, 5) is 22.6. The van der Waals surface area contributed by atoms with Crippen LogP contribution in [0.4, 0.5) is 10.5 Å². The molecular formula is C17H27N3O3. The minimum atomic E-state index is -0.476. The maximum atomic E-state index is 11.5. The van der Waals surface area contributed by atoms with Gasteiger partial charge in [0.25, 0.3) is 0 Å². The number of ether oxygens (including phenoxy) is 1. The largest absolute Gasteiger partial charge is 0.444 e. The second-order valence-electron chi connectivity index (χ2n) is 6.30. The predicted molar refractivity (Wildman–Crippen MR) is 91.3 cm³/mol. The van der Waals surface area contributed by atoms with E-state index < -0.39 is 11.7 Å². The average molecular weight is 321 g/mol. The van der Waals surface area contributed by atoms with Gasteiger partial charge in [-0.15, -0.1) is 0 Å². The van der Waals surface area contributed by atoms with Crippen molar-refractivity contribution >= 4 is 17.7 Å². The van der Waals surface area contributed by atoms with Crippen LogP contribution in [0, 0.1) is 0 Å². The van der Waals surface area contributed by atoms with Crippen molar-refractivity contribution in [3.8, 4) is 0 Å². The minimum absolute atomic E-state index is 0.0842. The molecule has 2 amide bonds. The Bertz CT molecular complexity index is 524. The van der Waals surface area contributed by atoms with Gasteiger partial charge in [0, 0.05) is 25.7 Å². The van der Waals surface area contributed by atoms with Crippen LogP contribution in [0.15, 0.2) is 24.3 Å². The smallest absolute Gasteiger partial charge is 0.407 e. The SMILES string of the molecule is CC(=O)Nc1ccccc1CNCCCNC(=O)OC(C)(C)C. The fourth-order valence-corrected chi connectivity index (χ4v) is 1.93. The molecule has 0 fully saturated rings. The zero-order valence-electron chi connectivity index (χ0n) is 14.4. The van der Waals surface area contributed by atoms with E-state index in [0.29, 0.717) is 13.1 Å². The first-order valence-electron chi connectivity index (χ1n) is 7.81. The first-order valence-corrected chi connectivity index (χ1v) is 7.81. The highest BCUT2D eigenvalue weighted by Crippen LogP contribution is 2.14. The lowest BCUT2D eigenvalue weighted by molar-refractivity contribution is -0.114. The molecule has 128 valence electrons. The van der Waals surface area contributed by atoms with E-state index in [0.717, 1.165) is 24.2 Å². The maximum Gasteiger partial charge on any atom is 0.407 e. The van der Waals surface area contributed by atoms with E-state index in [2.05, 4.69) is 16.0 Å². The summed E-state index contributed by atoms with van der Waals surface area (Å²) >= 11 is 0. The summed E-state index contributed by atoms with van der Waals surface area (Å²) in [5.74, 6) is -0.0842. The topological polar surface area (TPSA) is 79.5 Å². The molecule has 6 heteroatoms. The number of amides is 2. The molecule has 0 unspecified atom stereocenters. The molecule has 0 saturated carbocycles. The van der Waals surface area contributed by atoms with Gasteiger partial charge in [0.15, 0.2) is 0 Å². The van der Waals surface area contributed by atoms with Crippen molar-refractivity contribution in [2.75, 3.05) is 18.4 Å². The molecular weight excluding hydrogens is 294 g/mol. The van der Waals surface area contributed by atoms with Crippen LogP contribution in [0.2, 0.25) is 0 Å². The Morgan fingerprint density at radius 2 is 1.83 bits per heavy atom. The Kier molecular flexibility index (Phi) is 7.54. The molecule has 0 radical (unpaired) electrons. The zero-order chi connectivity index (χ0) is 17.3. The van der Waals surface area contributed by atoms with Gasteiger partial charge in [-0.1, -0.05) is 18.2 Å². The fraction of sp³-hybridized carbons (Fsp3) is 0.529. The van der Waals surface area contributed by atoms with Gasteiger partial charge in [0.1, 0.15) is 5.60 Å². The third-order valence-corrected chi connectivity index (χ3v) is 2.84. The van der Waals surface area contributed by atoms with Crippen molar-refractivity contribution in [3.63, 3.8) is 0 Å². The van der Waals surface area contributed by atoms with E-state index in [9.17, 15) is 9.59 Å². The number of hydrogen-bond donors (Lipinski definition) is 3. The number of para-hydroxylation sites is 1. The molecule has 0 saturated heterocycles. The normalized spacial score (nSPS) is 11.0. The lowest BCUT2D eigenvalue weighted by atomic mass is 10.1. The Morgan fingerprint density at radius 3 is 2.48 bits per heavy atom.